The van der Waals surface area contributed by atoms with Gasteiger partial charge in [-0.2, -0.15) is 0 Å². The number of nitrogens with zero attached hydrogens (tertiary/aromatic N) is 1. The molecule has 3 nitrogen and oxygen atoms in total. The summed E-state index contributed by atoms with van der Waals surface area (Å²) in [7, 11) is 2.13. The normalized spacial score (nSPS) is 19.9. The number of rotatable bonds is 4. The van der Waals surface area contributed by atoms with E-state index in [0.717, 1.165) is 19.5 Å². The van der Waals surface area contributed by atoms with Gasteiger partial charge < -0.3 is 15.2 Å². The maximum atomic E-state index is 3.67. The van der Waals surface area contributed by atoms with E-state index >= 15 is 0 Å². The lowest BCUT2D eigenvalue weighted by molar-refractivity contribution is 0.392. The molecule has 0 amide bonds. The summed E-state index contributed by atoms with van der Waals surface area (Å²) in [5.74, 6) is 0. The summed E-state index contributed by atoms with van der Waals surface area (Å²) in [6.45, 7) is 3.37. The van der Waals surface area contributed by atoms with Crippen LogP contribution in [0.5, 0.6) is 0 Å². The zero-order valence-corrected chi connectivity index (χ0v) is 11.7. The van der Waals surface area contributed by atoms with Crippen molar-refractivity contribution in [2.75, 3.05) is 19.6 Å². The molecule has 1 aliphatic heterocycles. The lowest BCUT2D eigenvalue weighted by Crippen LogP contribution is -2.43. The van der Waals surface area contributed by atoms with Crippen LogP contribution >= 0.6 is 0 Å². The molecule has 1 fully saturated rings. The number of para-hydroxylation sites is 1. The highest BCUT2D eigenvalue weighted by atomic mass is 15.0. The topological polar surface area (TPSA) is 29.0 Å². The van der Waals surface area contributed by atoms with E-state index in [2.05, 4.69) is 52.7 Å². The van der Waals surface area contributed by atoms with Crippen molar-refractivity contribution in [2.24, 2.45) is 7.05 Å². The Morgan fingerprint density at radius 2 is 2.26 bits per heavy atom. The third-order valence-electron chi connectivity index (χ3n) is 4.10. The molecule has 2 aromatic rings. The number of aryl methyl sites for hydroxylation is 1. The van der Waals surface area contributed by atoms with Gasteiger partial charge in [-0.15, -0.1) is 0 Å². The molecule has 1 atom stereocenters. The van der Waals surface area contributed by atoms with Crippen LogP contribution in [0.4, 0.5) is 0 Å². The molecule has 1 aliphatic rings. The quantitative estimate of drug-likeness (QED) is 0.878. The van der Waals surface area contributed by atoms with Gasteiger partial charge in [0.15, 0.2) is 0 Å². The van der Waals surface area contributed by atoms with Gasteiger partial charge in [0.2, 0.25) is 0 Å². The maximum Gasteiger partial charge on any atom is 0.0480 e. The van der Waals surface area contributed by atoms with E-state index in [1.165, 1.54) is 35.9 Å². The first-order valence-corrected chi connectivity index (χ1v) is 7.31. The van der Waals surface area contributed by atoms with E-state index in [-0.39, 0.29) is 0 Å². The molecule has 19 heavy (non-hydrogen) atoms. The second-order valence-corrected chi connectivity index (χ2v) is 5.53. The van der Waals surface area contributed by atoms with Crippen LogP contribution in [0.3, 0.4) is 0 Å². The van der Waals surface area contributed by atoms with Crippen molar-refractivity contribution >= 4 is 10.9 Å². The van der Waals surface area contributed by atoms with Crippen LogP contribution in [0.1, 0.15) is 18.4 Å². The number of hydrogen-bond donors (Lipinski definition) is 2. The first-order chi connectivity index (χ1) is 9.34. The van der Waals surface area contributed by atoms with Crippen molar-refractivity contribution in [2.45, 2.75) is 25.3 Å². The minimum atomic E-state index is 0.656. The molecule has 1 aromatic heterocycles. The van der Waals surface area contributed by atoms with Crippen LogP contribution in [-0.4, -0.2) is 30.2 Å². The van der Waals surface area contributed by atoms with Crippen LogP contribution in [0.15, 0.2) is 30.5 Å². The van der Waals surface area contributed by atoms with Gasteiger partial charge in [-0.05, 0) is 44.0 Å². The lowest BCUT2D eigenvalue weighted by Gasteiger charge is -2.23. The zero-order valence-electron chi connectivity index (χ0n) is 11.7. The summed E-state index contributed by atoms with van der Waals surface area (Å²) in [6, 6.07) is 9.32. The summed E-state index contributed by atoms with van der Waals surface area (Å²) >= 11 is 0. The minimum absolute atomic E-state index is 0.656. The van der Waals surface area contributed by atoms with Crippen molar-refractivity contribution < 1.29 is 0 Å². The molecule has 1 saturated heterocycles. The van der Waals surface area contributed by atoms with Crippen molar-refractivity contribution in [3.8, 4) is 0 Å². The second-order valence-electron chi connectivity index (χ2n) is 5.53. The van der Waals surface area contributed by atoms with Crippen LogP contribution in [0.2, 0.25) is 0 Å². The zero-order chi connectivity index (χ0) is 13.1. The molecule has 0 aliphatic carbocycles. The molecular formula is C16H23N3. The number of hydrogen-bond acceptors (Lipinski definition) is 2. The Kier molecular flexibility index (Phi) is 3.85. The number of fused-ring (bicyclic) bond motifs is 1. The molecule has 0 radical (unpaired) electrons. The van der Waals surface area contributed by atoms with Crippen molar-refractivity contribution in [1.29, 1.82) is 0 Å². The second kappa shape index (κ2) is 5.76. The molecule has 2 heterocycles. The summed E-state index contributed by atoms with van der Waals surface area (Å²) < 4.78 is 2.23. The SMILES string of the molecule is Cn1cc(CCNC2CCCNC2)c2ccccc21. The molecule has 102 valence electrons. The summed E-state index contributed by atoms with van der Waals surface area (Å²) in [6.07, 6.45) is 5.98. The Labute approximate surface area is 115 Å². The molecule has 1 unspecified atom stereocenters. The van der Waals surface area contributed by atoms with Gasteiger partial charge in [-0.1, -0.05) is 18.2 Å². The van der Waals surface area contributed by atoms with E-state index in [1.54, 1.807) is 0 Å². The Bertz CT molecular complexity index is 538. The monoisotopic (exact) mass is 257 g/mol. The van der Waals surface area contributed by atoms with Gasteiger partial charge in [0.05, 0.1) is 0 Å². The molecule has 0 saturated carbocycles. The number of nitrogens with one attached hydrogen (secondary N) is 2. The Balaban J connectivity index is 1.62. The van der Waals surface area contributed by atoms with Crippen LogP contribution in [-0.2, 0) is 13.5 Å². The van der Waals surface area contributed by atoms with E-state index in [0.29, 0.717) is 6.04 Å². The highest BCUT2D eigenvalue weighted by Gasteiger charge is 2.12. The highest BCUT2D eigenvalue weighted by molar-refractivity contribution is 5.83. The first kappa shape index (κ1) is 12.7. The van der Waals surface area contributed by atoms with E-state index in [9.17, 15) is 0 Å². The van der Waals surface area contributed by atoms with E-state index in [1.807, 2.05) is 0 Å². The average Bonchev–Trinajstić information content (AvgIpc) is 2.78. The first-order valence-electron chi connectivity index (χ1n) is 7.31. The molecule has 2 N–H and O–H groups in total. The smallest absolute Gasteiger partial charge is 0.0480 e. The standard InChI is InChI=1S/C16H23N3/c1-19-12-13(15-6-2-3-7-16(15)19)8-10-18-14-5-4-9-17-11-14/h2-3,6-7,12,14,17-18H,4-5,8-11H2,1H3. The van der Waals surface area contributed by atoms with E-state index in [4.69, 9.17) is 0 Å². The summed E-state index contributed by atoms with van der Waals surface area (Å²) in [5.41, 5.74) is 2.78. The molecule has 0 bridgehead atoms. The predicted molar refractivity (Wildman–Crippen MR) is 80.5 cm³/mol. The summed E-state index contributed by atoms with van der Waals surface area (Å²) in [5, 5.41) is 8.52. The van der Waals surface area contributed by atoms with Gasteiger partial charge in [0.25, 0.3) is 0 Å². The Morgan fingerprint density at radius 3 is 3.11 bits per heavy atom. The molecule has 0 spiro atoms. The van der Waals surface area contributed by atoms with Crippen molar-refractivity contribution in [1.82, 2.24) is 15.2 Å². The average molecular weight is 257 g/mol. The molecule has 3 rings (SSSR count). The Hall–Kier alpha value is -1.32. The molecular weight excluding hydrogens is 234 g/mol. The maximum absolute atomic E-state index is 3.67. The van der Waals surface area contributed by atoms with Gasteiger partial charge >= 0.3 is 0 Å². The minimum Gasteiger partial charge on any atom is -0.350 e. The summed E-state index contributed by atoms with van der Waals surface area (Å²) in [4.78, 5) is 0. The van der Waals surface area contributed by atoms with Gasteiger partial charge in [0.1, 0.15) is 0 Å². The van der Waals surface area contributed by atoms with Gasteiger partial charge in [-0.25, -0.2) is 0 Å². The fourth-order valence-electron chi connectivity index (χ4n) is 3.06. The number of aromatic nitrogens is 1. The third-order valence-corrected chi connectivity index (χ3v) is 4.10. The van der Waals surface area contributed by atoms with E-state index < -0.39 is 0 Å². The van der Waals surface area contributed by atoms with Gasteiger partial charge in [-0.3, -0.25) is 0 Å². The van der Waals surface area contributed by atoms with Crippen LogP contribution in [0, 0.1) is 0 Å². The molecule has 1 aromatic carbocycles. The van der Waals surface area contributed by atoms with Crippen molar-refractivity contribution in [3.63, 3.8) is 0 Å². The number of piperidine rings is 1. The van der Waals surface area contributed by atoms with Crippen molar-refractivity contribution in [3.05, 3.63) is 36.0 Å². The number of benzene rings is 1. The predicted octanol–water partition coefficient (Wildman–Crippen LogP) is 2.06. The lowest BCUT2D eigenvalue weighted by atomic mass is 10.1. The van der Waals surface area contributed by atoms with Crippen LogP contribution < -0.4 is 10.6 Å². The highest BCUT2D eigenvalue weighted by Crippen LogP contribution is 2.20. The fourth-order valence-corrected chi connectivity index (χ4v) is 3.06. The van der Waals surface area contributed by atoms with Gasteiger partial charge in [0, 0.05) is 36.7 Å². The largest absolute Gasteiger partial charge is 0.350 e. The Morgan fingerprint density at radius 1 is 1.37 bits per heavy atom. The fraction of sp³-hybridized carbons (Fsp3) is 0.500. The molecule has 3 heteroatoms. The third kappa shape index (κ3) is 2.82. The van der Waals surface area contributed by atoms with Crippen LogP contribution in [0.25, 0.3) is 10.9 Å².